The second-order valence-corrected chi connectivity index (χ2v) is 10.8. The molecule has 5 rings (SSSR count). The minimum Gasteiger partial charge on any atom is -0.376 e. The number of nitrogens with one attached hydrogen (secondary N) is 3. The number of aromatic nitrogens is 1. The molecule has 0 saturated heterocycles. The average Bonchev–Trinajstić information content (AvgIpc) is 3.28. The molecule has 0 saturated carbocycles. The number of aryl methyl sites for hydroxylation is 1. The van der Waals surface area contributed by atoms with Crippen LogP contribution >= 0.6 is 11.6 Å². The number of benzene rings is 4. The standard InChI is InChI=1S/C34H30ClF3N4O3/c1-3-39-32(44)29(21-9-5-4-6-10-21)41-33(45)30-28(35)26-19-23(17-18-27(26)42(30)2)40-31(43)25-12-8-7-11-24(25)20-13-15-22(16-14-20)34(36,37)38/h4-19,29,32,39,44H,3H2,1-2H3,(H,40,43)(H,41,45)/t29-,32?/m0/s1. The molecule has 0 radical (unpaired) electrons. The van der Waals surface area contributed by atoms with E-state index in [1.807, 2.05) is 25.1 Å². The summed E-state index contributed by atoms with van der Waals surface area (Å²) in [6.45, 7) is 2.33. The Morgan fingerprint density at radius 1 is 0.911 bits per heavy atom. The van der Waals surface area contributed by atoms with E-state index in [1.54, 1.807) is 66.2 Å². The highest BCUT2D eigenvalue weighted by atomic mass is 35.5. The molecule has 45 heavy (non-hydrogen) atoms. The van der Waals surface area contributed by atoms with Gasteiger partial charge in [-0.1, -0.05) is 79.2 Å². The molecule has 0 fully saturated rings. The van der Waals surface area contributed by atoms with E-state index in [0.717, 1.165) is 12.1 Å². The van der Waals surface area contributed by atoms with Crippen molar-refractivity contribution in [3.63, 3.8) is 0 Å². The Bertz CT molecular complexity index is 1840. The monoisotopic (exact) mass is 634 g/mol. The van der Waals surface area contributed by atoms with E-state index in [-0.39, 0.29) is 16.3 Å². The molecule has 0 aliphatic carbocycles. The number of rotatable bonds is 9. The van der Waals surface area contributed by atoms with Gasteiger partial charge < -0.3 is 20.3 Å². The highest BCUT2D eigenvalue weighted by Crippen LogP contribution is 2.34. The van der Waals surface area contributed by atoms with Gasteiger partial charge in [0.2, 0.25) is 0 Å². The quantitative estimate of drug-likeness (QED) is 0.129. The van der Waals surface area contributed by atoms with Crippen molar-refractivity contribution in [2.24, 2.45) is 7.05 Å². The molecule has 0 aliphatic heterocycles. The first-order chi connectivity index (χ1) is 21.5. The molecule has 2 atom stereocenters. The van der Waals surface area contributed by atoms with Gasteiger partial charge in [-0.2, -0.15) is 13.2 Å². The largest absolute Gasteiger partial charge is 0.416 e. The molecular weight excluding hydrogens is 605 g/mol. The Labute approximate surface area is 262 Å². The molecule has 4 aromatic carbocycles. The van der Waals surface area contributed by atoms with Crippen LogP contribution in [0.4, 0.5) is 18.9 Å². The fourth-order valence-corrected chi connectivity index (χ4v) is 5.60. The maximum atomic E-state index is 13.6. The lowest BCUT2D eigenvalue weighted by Crippen LogP contribution is -2.44. The molecule has 4 N–H and O–H groups in total. The summed E-state index contributed by atoms with van der Waals surface area (Å²) in [6.07, 6.45) is -5.52. The number of amides is 2. The zero-order chi connectivity index (χ0) is 32.3. The van der Waals surface area contributed by atoms with Crippen molar-refractivity contribution in [3.8, 4) is 11.1 Å². The highest BCUT2D eigenvalue weighted by Gasteiger charge is 2.30. The van der Waals surface area contributed by atoms with Crippen LogP contribution in [-0.4, -0.2) is 34.3 Å². The maximum absolute atomic E-state index is 13.6. The van der Waals surface area contributed by atoms with Crippen LogP contribution in [0.15, 0.2) is 97.1 Å². The molecule has 11 heteroatoms. The molecule has 0 spiro atoms. The van der Waals surface area contributed by atoms with Crippen molar-refractivity contribution in [3.05, 3.63) is 124 Å². The number of hydrogen-bond donors (Lipinski definition) is 4. The third-order valence-corrected chi connectivity index (χ3v) is 7.86. The minimum atomic E-state index is -4.47. The smallest absolute Gasteiger partial charge is 0.376 e. The summed E-state index contributed by atoms with van der Waals surface area (Å²) in [4.78, 5) is 26.9. The number of hydrogen-bond acceptors (Lipinski definition) is 4. The number of aliphatic hydroxyl groups excluding tert-OH is 1. The number of carbonyl (C=O) groups is 2. The van der Waals surface area contributed by atoms with Crippen LogP contribution in [0.5, 0.6) is 0 Å². The highest BCUT2D eigenvalue weighted by molar-refractivity contribution is 6.39. The van der Waals surface area contributed by atoms with Gasteiger partial charge in [0.15, 0.2) is 0 Å². The van der Waals surface area contributed by atoms with Crippen LogP contribution in [0, 0.1) is 0 Å². The Kier molecular flexibility index (Phi) is 9.29. The normalized spacial score (nSPS) is 13.0. The van der Waals surface area contributed by atoms with E-state index < -0.39 is 35.8 Å². The van der Waals surface area contributed by atoms with Crippen LogP contribution in [-0.2, 0) is 13.2 Å². The van der Waals surface area contributed by atoms with E-state index in [9.17, 15) is 27.9 Å². The van der Waals surface area contributed by atoms with Crippen molar-refractivity contribution in [1.29, 1.82) is 0 Å². The van der Waals surface area contributed by atoms with E-state index in [1.165, 1.54) is 12.1 Å². The van der Waals surface area contributed by atoms with Crippen molar-refractivity contribution < 1.29 is 27.9 Å². The molecule has 1 unspecified atom stereocenters. The second-order valence-electron chi connectivity index (χ2n) is 10.4. The molecule has 1 heterocycles. The van der Waals surface area contributed by atoms with Crippen molar-refractivity contribution >= 4 is 40.0 Å². The van der Waals surface area contributed by atoms with Crippen LogP contribution in [0.1, 0.15) is 44.9 Å². The van der Waals surface area contributed by atoms with Crippen molar-refractivity contribution in [2.75, 3.05) is 11.9 Å². The first kappa shape index (κ1) is 31.8. The summed E-state index contributed by atoms with van der Waals surface area (Å²) < 4.78 is 40.8. The van der Waals surface area contributed by atoms with Gasteiger partial charge in [-0.3, -0.25) is 14.9 Å². The molecule has 5 aromatic rings. The van der Waals surface area contributed by atoms with Gasteiger partial charge >= 0.3 is 6.18 Å². The van der Waals surface area contributed by atoms with Gasteiger partial charge in [-0.15, -0.1) is 0 Å². The number of aliphatic hydroxyl groups is 1. The van der Waals surface area contributed by atoms with Crippen LogP contribution in [0.2, 0.25) is 5.02 Å². The number of alkyl halides is 3. The number of fused-ring (bicyclic) bond motifs is 1. The van der Waals surface area contributed by atoms with Gasteiger partial charge in [0.1, 0.15) is 11.9 Å². The summed E-state index contributed by atoms with van der Waals surface area (Å²) in [5.41, 5.74) is 2.33. The van der Waals surface area contributed by atoms with Crippen LogP contribution in [0.3, 0.4) is 0 Å². The molecule has 232 valence electrons. The molecule has 2 amide bonds. The number of anilines is 1. The lowest BCUT2D eigenvalue weighted by molar-refractivity contribution is -0.137. The lowest BCUT2D eigenvalue weighted by Gasteiger charge is -2.25. The van der Waals surface area contributed by atoms with Gasteiger partial charge in [-0.05, 0) is 59.6 Å². The predicted octanol–water partition coefficient (Wildman–Crippen LogP) is 7.17. The minimum absolute atomic E-state index is 0.163. The molecule has 0 bridgehead atoms. The first-order valence-electron chi connectivity index (χ1n) is 14.1. The fourth-order valence-electron chi connectivity index (χ4n) is 5.24. The Hall–Kier alpha value is -4.64. The third kappa shape index (κ3) is 6.73. The fraction of sp³-hybridized carbons (Fsp3) is 0.176. The lowest BCUT2D eigenvalue weighted by atomic mass is 9.98. The summed E-state index contributed by atoms with van der Waals surface area (Å²) in [6, 6.07) is 24.6. The van der Waals surface area contributed by atoms with Gasteiger partial charge in [0.05, 0.1) is 22.1 Å². The molecular formula is C34H30ClF3N4O3. The van der Waals surface area contributed by atoms with Crippen LogP contribution in [0.25, 0.3) is 22.0 Å². The summed E-state index contributed by atoms with van der Waals surface area (Å²) in [5.74, 6) is -0.974. The van der Waals surface area contributed by atoms with Crippen LogP contribution < -0.4 is 16.0 Å². The average molecular weight is 635 g/mol. The molecule has 0 aliphatic rings. The Balaban J connectivity index is 1.41. The van der Waals surface area contributed by atoms with Crippen molar-refractivity contribution in [2.45, 2.75) is 25.4 Å². The van der Waals surface area contributed by atoms with Crippen molar-refractivity contribution in [1.82, 2.24) is 15.2 Å². The van der Waals surface area contributed by atoms with Gasteiger partial charge in [-0.25, -0.2) is 0 Å². The topological polar surface area (TPSA) is 95.4 Å². The van der Waals surface area contributed by atoms with E-state index in [2.05, 4.69) is 16.0 Å². The third-order valence-electron chi connectivity index (χ3n) is 7.48. The van der Waals surface area contributed by atoms with E-state index >= 15 is 0 Å². The molecule has 1 aromatic heterocycles. The summed E-state index contributed by atoms with van der Waals surface area (Å²) >= 11 is 6.75. The number of nitrogens with zero attached hydrogens (tertiary/aromatic N) is 1. The zero-order valence-electron chi connectivity index (χ0n) is 24.3. The van der Waals surface area contributed by atoms with E-state index in [4.69, 9.17) is 11.6 Å². The maximum Gasteiger partial charge on any atom is 0.416 e. The van der Waals surface area contributed by atoms with Gasteiger partial charge in [0, 0.05) is 23.7 Å². The summed E-state index contributed by atoms with van der Waals surface area (Å²) in [7, 11) is 1.69. The summed E-state index contributed by atoms with van der Waals surface area (Å²) in [5, 5.41) is 20.1. The van der Waals surface area contributed by atoms with E-state index in [0.29, 0.717) is 39.8 Å². The number of halogens is 4. The predicted molar refractivity (Wildman–Crippen MR) is 169 cm³/mol. The SMILES string of the molecule is CCNC(O)[C@@H](NC(=O)c1c(Cl)c2cc(NC(=O)c3ccccc3-c3ccc(C(F)(F)F)cc3)ccc2n1C)c1ccccc1. The number of carbonyl (C=O) groups excluding carboxylic acids is 2. The Morgan fingerprint density at radius 3 is 2.24 bits per heavy atom. The number of likely N-dealkylation sites (N-methyl/N-ethyl adjacent to an activating group) is 1. The van der Waals surface area contributed by atoms with Gasteiger partial charge in [0.25, 0.3) is 11.8 Å². The zero-order valence-corrected chi connectivity index (χ0v) is 25.1. The Morgan fingerprint density at radius 2 is 1.58 bits per heavy atom. The first-order valence-corrected chi connectivity index (χ1v) is 14.5. The second kappa shape index (κ2) is 13.2. The molecule has 7 nitrogen and oxygen atoms in total.